The van der Waals surface area contributed by atoms with Crippen LogP contribution in [-0.4, -0.2) is 22.9 Å². The van der Waals surface area contributed by atoms with Crippen molar-refractivity contribution in [3.63, 3.8) is 0 Å². The number of hydrogen-bond acceptors (Lipinski definition) is 5. The second-order valence-electron chi connectivity index (χ2n) is 4.97. The Morgan fingerprint density at radius 2 is 1.92 bits per heavy atom. The molecular weight excluding hydrogens is 371 g/mol. The molecule has 0 saturated heterocycles. The third-order valence-corrected chi connectivity index (χ3v) is 3.70. The van der Waals surface area contributed by atoms with E-state index in [1.165, 1.54) is 37.3 Å². The van der Waals surface area contributed by atoms with Crippen LogP contribution in [0.1, 0.15) is 17.3 Å². The number of nitro groups is 1. The average Bonchev–Trinajstić information content (AvgIpc) is 2.58. The lowest BCUT2D eigenvalue weighted by Crippen LogP contribution is -2.30. The van der Waals surface area contributed by atoms with Gasteiger partial charge in [0, 0.05) is 17.2 Å². The molecule has 0 aromatic heterocycles. The lowest BCUT2D eigenvalue weighted by molar-refractivity contribution is -0.384. The molecule has 0 radical (unpaired) electrons. The fourth-order valence-electron chi connectivity index (χ4n) is 1.86. The highest BCUT2D eigenvalue weighted by atomic mass is 35.5. The topological polar surface area (TPSA) is 98.5 Å². The van der Waals surface area contributed by atoms with E-state index < -0.39 is 22.9 Å². The quantitative estimate of drug-likeness (QED) is 0.477. The van der Waals surface area contributed by atoms with E-state index in [2.05, 4.69) is 5.32 Å². The molecule has 2 aromatic carbocycles. The van der Waals surface area contributed by atoms with Gasteiger partial charge in [0.25, 0.3) is 11.6 Å². The van der Waals surface area contributed by atoms with Gasteiger partial charge in [0.05, 0.1) is 21.2 Å². The summed E-state index contributed by atoms with van der Waals surface area (Å²) in [6.45, 7) is 1.36. The molecule has 130 valence electrons. The van der Waals surface area contributed by atoms with Gasteiger partial charge in [-0.25, -0.2) is 4.79 Å². The summed E-state index contributed by atoms with van der Waals surface area (Å²) in [6, 6.07) is 9.55. The first-order valence-electron chi connectivity index (χ1n) is 6.99. The largest absolute Gasteiger partial charge is 0.449 e. The number of non-ortho nitro benzene ring substituents is 1. The summed E-state index contributed by atoms with van der Waals surface area (Å²) >= 11 is 11.8. The molecule has 9 heteroatoms. The van der Waals surface area contributed by atoms with Crippen molar-refractivity contribution in [1.82, 2.24) is 0 Å². The SMILES string of the molecule is CC(OC(=O)c1cccc([N+](=O)[O-])c1)C(=O)Nc1cc(Cl)ccc1Cl. The maximum Gasteiger partial charge on any atom is 0.339 e. The number of amides is 1. The van der Waals surface area contributed by atoms with Crippen LogP contribution in [0.15, 0.2) is 42.5 Å². The molecule has 0 aliphatic rings. The first-order valence-corrected chi connectivity index (χ1v) is 7.75. The summed E-state index contributed by atoms with van der Waals surface area (Å²) in [6.07, 6.45) is -1.15. The molecule has 2 rings (SSSR count). The van der Waals surface area contributed by atoms with Crippen LogP contribution in [0.25, 0.3) is 0 Å². The lowest BCUT2D eigenvalue weighted by Gasteiger charge is -2.14. The number of carbonyl (C=O) groups excluding carboxylic acids is 2. The van der Waals surface area contributed by atoms with Crippen LogP contribution < -0.4 is 5.32 Å². The standard InChI is InChI=1S/C16H12Cl2N2O5/c1-9(15(21)19-14-8-11(17)5-6-13(14)18)25-16(22)10-3-2-4-12(7-10)20(23)24/h2-9H,1H3,(H,19,21). The van der Waals surface area contributed by atoms with Crippen molar-refractivity contribution in [2.24, 2.45) is 0 Å². The Morgan fingerprint density at radius 3 is 2.60 bits per heavy atom. The molecule has 0 aliphatic carbocycles. The number of nitro benzene ring substituents is 1. The maximum absolute atomic E-state index is 12.1. The minimum atomic E-state index is -1.15. The molecule has 0 fully saturated rings. The first-order chi connectivity index (χ1) is 11.8. The van der Waals surface area contributed by atoms with Crippen LogP contribution in [0.4, 0.5) is 11.4 Å². The number of rotatable bonds is 5. The van der Waals surface area contributed by atoms with Gasteiger partial charge in [-0.05, 0) is 31.2 Å². The van der Waals surface area contributed by atoms with Gasteiger partial charge in [-0.1, -0.05) is 29.3 Å². The Bertz CT molecular complexity index is 841. The second-order valence-corrected chi connectivity index (χ2v) is 5.81. The summed E-state index contributed by atoms with van der Waals surface area (Å²) in [5.74, 6) is -1.48. The number of nitrogens with one attached hydrogen (secondary N) is 1. The summed E-state index contributed by atoms with van der Waals surface area (Å²) in [4.78, 5) is 34.3. The maximum atomic E-state index is 12.1. The molecular formula is C16H12Cl2N2O5. The van der Waals surface area contributed by atoms with Crippen molar-refractivity contribution in [3.8, 4) is 0 Å². The van der Waals surface area contributed by atoms with Crippen molar-refractivity contribution >= 4 is 46.5 Å². The van der Waals surface area contributed by atoms with E-state index in [1.807, 2.05) is 0 Å². The highest BCUT2D eigenvalue weighted by Crippen LogP contribution is 2.25. The predicted octanol–water partition coefficient (Wildman–Crippen LogP) is 4.09. The second kappa shape index (κ2) is 7.96. The first kappa shape index (κ1) is 18.7. The minimum absolute atomic E-state index is 0.0327. The zero-order valence-corrected chi connectivity index (χ0v) is 14.4. The zero-order chi connectivity index (χ0) is 18.6. The van der Waals surface area contributed by atoms with Crippen molar-refractivity contribution < 1.29 is 19.2 Å². The van der Waals surface area contributed by atoms with E-state index in [4.69, 9.17) is 27.9 Å². The van der Waals surface area contributed by atoms with Gasteiger partial charge in [0.2, 0.25) is 0 Å². The van der Waals surface area contributed by atoms with Crippen LogP contribution in [0.5, 0.6) is 0 Å². The molecule has 1 N–H and O–H groups in total. The molecule has 1 amide bonds. The van der Waals surface area contributed by atoms with Gasteiger partial charge >= 0.3 is 5.97 Å². The van der Waals surface area contributed by atoms with E-state index in [9.17, 15) is 19.7 Å². The number of carbonyl (C=O) groups is 2. The van der Waals surface area contributed by atoms with Gasteiger partial charge in [-0.2, -0.15) is 0 Å². The van der Waals surface area contributed by atoms with Crippen LogP contribution in [0, 0.1) is 10.1 Å². The van der Waals surface area contributed by atoms with Crippen molar-refractivity contribution in [1.29, 1.82) is 0 Å². The van der Waals surface area contributed by atoms with E-state index in [-0.39, 0.29) is 22.0 Å². The fraction of sp³-hybridized carbons (Fsp3) is 0.125. The number of nitrogens with zero attached hydrogens (tertiary/aromatic N) is 1. The number of hydrogen-bond donors (Lipinski definition) is 1. The smallest absolute Gasteiger partial charge is 0.339 e. The van der Waals surface area contributed by atoms with Crippen LogP contribution in [0.3, 0.4) is 0 Å². The number of ether oxygens (including phenoxy) is 1. The molecule has 2 aromatic rings. The molecule has 0 spiro atoms. The molecule has 7 nitrogen and oxygen atoms in total. The lowest BCUT2D eigenvalue weighted by atomic mass is 10.2. The highest BCUT2D eigenvalue weighted by Gasteiger charge is 2.21. The minimum Gasteiger partial charge on any atom is -0.449 e. The number of esters is 1. The summed E-state index contributed by atoms with van der Waals surface area (Å²) in [5, 5.41) is 13.9. The molecule has 0 heterocycles. The molecule has 0 bridgehead atoms. The van der Waals surface area contributed by atoms with Crippen LogP contribution in [0.2, 0.25) is 10.0 Å². The van der Waals surface area contributed by atoms with Gasteiger partial charge < -0.3 is 10.1 Å². The molecule has 1 atom stereocenters. The Labute approximate surface area is 152 Å². The van der Waals surface area contributed by atoms with Gasteiger partial charge in [0.15, 0.2) is 6.10 Å². The van der Waals surface area contributed by atoms with E-state index in [0.717, 1.165) is 6.07 Å². The molecule has 0 saturated carbocycles. The van der Waals surface area contributed by atoms with Crippen molar-refractivity contribution in [2.45, 2.75) is 13.0 Å². The van der Waals surface area contributed by atoms with Gasteiger partial charge in [-0.3, -0.25) is 14.9 Å². The fourth-order valence-corrected chi connectivity index (χ4v) is 2.19. The third-order valence-electron chi connectivity index (χ3n) is 3.13. The van der Waals surface area contributed by atoms with Crippen molar-refractivity contribution in [3.05, 3.63) is 68.2 Å². The van der Waals surface area contributed by atoms with Gasteiger partial charge in [-0.15, -0.1) is 0 Å². The summed E-state index contributed by atoms with van der Waals surface area (Å²) in [5.41, 5.74) is -0.00989. The highest BCUT2D eigenvalue weighted by molar-refractivity contribution is 6.35. The van der Waals surface area contributed by atoms with Crippen LogP contribution in [-0.2, 0) is 9.53 Å². The Hall–Kier alpha value is -2.64. The van der Waals surface area contributed by atoms with E-state index in [0.29, 0.717) is 5.02 Å². The molecule has 25 heavy (non-hydrogen) atoms. The van der Waals surface area contributed by atoms with Crippen molar-refractivity contribution in [2.75, 3.05) is 5.32 Å². The molecule has 1 unspecified atom stereocenters. The number of halogens is 2. The number of benzene rings is 2. The van der Waals surface area contributed by atoms with Crippen LogP contribution >= 0.6 is 23.2 Å². The monoisotopic (exact) mass is 382 g/mol. The zero-order valence-electron chi connectivity index (χ0n) is 12.9. The van der Waals surface area contributed by atoms with E-state index >= 15 is 0 Å². The normalized spacial score (nSPS) is 11.5. The van der Waals surface area contributed by atoms with E-state index in [1.54, 1.807) is 6.07 Å². The predicted molar refractivity (Wildman–Crippen MR) is 93.1 cm³/mol. The average molecular weight is 383 g/mol. The Kier molecular flexibility index (Phi) is 5.95. The summed E-state index contributed by atoms with van der Waals surface area (Å²) < 4.78 is 5.03. The Morgan fingerprint density at radius 1 is 1.20 bits per heavy atom. The summed E-state index contributed by atoms with van der Waals surface area (Å²) in [7, 11) is 0. The Balaban J connectivity index is 2.05. The third kappa shape index (κ3) is 4.91. The number of anilines is 1. The molecule has 0 aliphatic heterocycles. The van der Waals surface area contributed by atoms with Gasteiger partial charge in [0.1, 0.15) is 0 Å².